The first-order valence-corrected chi connectivity index (χ1v) is 6.18. The van der Waals surface area contributed by atoms with Crippen molar-refractivity contribution in [2.24, 2.45) is 0 Å². The lowest BCUT2D eigenvalue weighted by Gasteiger charge is -2.02. The highest BCUT2D eigenvalue weighted by molar-refractivity contribution is 7.10. The van der Waals surface area contributed by atoms with Gasteiger partial charge >= 0.3 is 5.97 Å². The molecule has 1 N–H and O–H groups in total. The molecule has 1 aromatic heterocycles. The Morgan fingerprint density at radius 2 is 2.12 bits per heavy atom. The van der Waals surface area contributed by atoms with Crippen molar-refractivity contribution in [1.82, 2.24) is 4.98 Å². The van der Waals surface area contributed by atoms with Crippen molar-refractivity contribution in [3.05, 3.63) is 39.7 Å². The minimum absolute atomic E-state index is 0.00445. The van der Waals surface area contributed by atoms with E-state index >= 15 is 0 Å². The van der Waals surface area contributed by atoms with Crippen molar-refractivity contribution in [2.75, 3.05) is 0 Å². The number of thiazole rings is 1. The maximum Gasteiger partial charge on any atom is 0.310 e. The van der Waals surface area contributed by atoms with E-state index in [0.29, 0.717) is 5.01 Å². The van der Waals surface area contributed by atoms with E-state index in [2.05, 4.69) is 31.0 Å². The summed E-state index contributed by atoms with van der Waals surface area (Å²) < 4.78 is 0. The molecule has 0 spiro atoms. The number of carboxylic acid groups (broad SMARTS) is 1. The molecule has 0 unspecified atom stereocenters. The van der Waals surface area contributed by atoms with Gasteiger partial charge in [-0.3, -0.25) is 4.79 Å². The maximum absolute atomic E-state index is 10.6. The average molecular weight is 247 g/mol. The van der Waals surface area contributed by atoms with Gasteiger partial charge in [0.25, 0.3) is 0 Å². The summed E-state index contributed by atoms with van der Waals surface area (Å²) in [4.78, 5) is 14.9. The van der Waals surface area contributed by atoms with Crippen LogP contribution in [0.2, 0.25) is 0 Å². The molecule has 0 bridgehead atoms. The van der Waals surface area contributed by atoms with Crippen LogP contribution in [0.5, 0.6) is 0 Å². The van der Waals surface area contributed by atoms with Crippen molar-refractivity contribution in [3.8, 4) is 11.3 Å². The van der Waals surface area contributed by atoms with Gasteiger partial charge in [0.1, 0.15) is 5.01 Å². The second-order valence-corrected chi connectivity index (χ2v) is 4.94. The van der Waals surface area contributed by atoms with Crippen LogP contribution in [-0.2, 0) is 11.2 Å². The molecule has 1 aromatic carbocycles. The number of hydrogen-bond acceptors (Lipinski definition) is 3. The molecule has 17 heavy (non-hydrogen) atoms. The van der Waals surface area contributed by atoms with E-state index in [1.165, 1.54) is 22.5 Å². The van der Waals surface area contributed by atoms with Gasteiger partial charge in [0.15, 0.2) is 0 Å². The van der Waals surface area contributed by atoms with E-state index in [0.717, 1.165) is 11.3 Å². The van der Waals surface area contributed by atoms with Crippen LogP contribution in [0, 0.1) is 13.8 Å². The van der Waals surface area contributed by atoms with E-state index in [1.807, 2.05) is 11.4 Å². The summed E-state index contributed by atoms with van der Waals surface area (Å²) in [7, 11) is 0. The number of nitrogens with zero attached hydrogens (tertiary/aromatic N) is 1. The lowest BCUT2D eigenvalue weighted by molar-refractivity contribution is -0.136. The summed E-state index contributed by atoms with van der Waals surface area (Å²) in [5, 5.41) is 11.2. The molecule has 4 heteroatoms. The quantitative estimate of drug-likeness (QED) is 0.906. The molecule has 1 heterocycles. The highest BCUT2D eigenvalue weighted by atomic mass is 32.1. The van der Waals surface area contributed by atoms with Crippen molar-refractivity contribution < 1.29 is 9.90 Å². The van der Waals surface area contributed by atoms with Gasteiger partial charge in [-0.15, -0.1) is 11.3 Å². The topological polar surface area (TPSA) is 50.2 Å². The predicted molar refractivity (Wildman–Crippen MR) is 68.4 cm³/mol. The van der Waals surface area contributed by atoms with E-state index < -0.39 is 5.97 Å². The first-order chi connectivity index (χ1) is 8.06. The molecule has 0 radical (unpaired) electrons. The third-order valence-corrected chi connectivity index (χ3v) is 3.51. The number of rotatable bonds is 3. The Bertz CT molecular complexity index is 560. The van der Waals surface area contributed by atoms with Crippen molar-refractivity contribution >= 4 is 17.3 Å². The molecule has 0 aliphatic carbocycles. The third-order valence-electron chi connectivity index (χ3n) is 2.66. The van der Waals surface area contributed by atoms with E-state index in [4.69, 9.17) is 5.11 Å². The Labute approximate surface area is 104 Å². The Hall–Kier alpha value is -1.68. The molecule has 0 atom stereocenters. The monoisotopic (exact) mass is 247 g/mol. The molecule has 0 saturated heterocycles. The highest BCUT2D eigenvalue weighted by Crippen LogP contribution is 2.24. The van der Waals surface area contributed by atoms with Crippen LogP contribution in [0.25, 0.3) is 11.3 Å². The van der Waals surface area contributed by atoms with Crippen LogP contribution in [0.3, 0.4) is 0 Å². The number of carbonyl (C=O) groups is 1. The molecule has 0 fully saturated rings. The highest BCUT2D eigenvalue weighted by Gasteiger charge is 2.08. The van der Waals surface area contributed by atoms with E-state index in [9.17, 15) is 4.79 Å². The Kier molecular flexibility index (Phi) is 3.24. The van der Waals surface area contributed by atoms with Crippen LogP contribution in [0.4, 0.5) is 0 Å². The molecule has 88 valence electrons. The van der Waals surface area contributed by atoms with Gasteiger partial charge in [-0.05, 0) is 31.0 Å². The molecule has 0 aliphatic rings. The summed E-state index contributed by atoms with van der Waals surface area (Å²) in [5.41, 5.74) is 4.36. The largest absolute Gasteiger partial charge is 0.481 e. The van der Waals surface area contributed by atoms with Gasteiger partial charge < -0.3 is 5.11 Å². The van der Waals surface area contributed by atoms with E-state index in [1.54, 1.807) is 0 Å². The molecular weight excluding hydrogens is 234 g/mol. The number of benzene rings is 1. The number of aryl methyl sites for hydroxylation is 2. The van der Waals surface area contributed by atoms with Crippen molar-refractivity contribution in [2.45, 2.75) is 20.3 Å². The second kappa shape index (κ2) is 4.67. The van der Waals surface area contributed by atoms with Crippen molar-refractivity contribution in [1.29, 1.82) is 0 Å². The number of carboxylic acids is 1. The van der Waals surface area contributed by atoms with Gasteiger partial charge in [-0.25, -0.2) is 4.98 Å². The number of hydrogen-bond donors (Lipinski definition) is 1. The summed E-state index contributed by atoms with van der Waals surface area (Å²) in [6, 6.07) is 6.15. The number of aromatic nitrogens is 1. The van der Waals surface area contributed by atoms with Crippen LogP contribution >= 0.6 is 11.3 Å². The van der Waals surface area contributed by atoms with Gasteiger partial charge in [-0.1, -0.05) is 12.1 Å². The first-order valence-electron chi connectivity index (χ1n) is 5.30. The zero-order valence-corrected chi connectivity index (χ0v) is 10.5. The lowest BCUT2D eigenvalue weighted by Crippen LogP contribution is -1.99. The third kappa shape index (κ3) is 2.71. The van der Waals surface area contributed by atoms with Gasteiger partial charge in [-0.2, -0.15) is 0 Å². The second-order valence-electron chi connectivity index (χ2n) is 4.00. The Morgan fingerprint density at radius 3 is 2.76 bits per heavy atom. The molecule has 2 rings (SSSR count). The normalized spacial score (nSPS) is 10.5. The maximum atomic E-state index is 10.6. The molecule has 0 saturated carbocycles. The summed E-state index contributed by atoms with van der Waals surface area (Å²) in [5.74, 6) is -0.842. The zero-order chi connectivity index (χ0) is 12.4. The van der Waals surface area contributed by atoms with E-state index in [-0.39, 0.29) is 6.42 Å². The fourth-order valence-electron chi connectivity index (χ4n) is 1.55. The van der Waals surface area contributed by atoms with Crippen LogP contribution in [0.15, 0.2) is 23.6 Å². The van der Waals surface area contributed by atoms with Crippen molar-refractivity contribution in [3.63, 3.8) is 0 Å². The SMILES string of the molecule is Cc1ccc(-c2csc(CC(=O)O)n2)cc1C. The zero-order valence-electron chi connectivity index (χ0n) is 9.73. The fraction of sp³-hybridized carbons (Fsp3) is 0.231. The predicted octanol–water partition coefficient (Wildman–Crippen LogP) is 3.05. The van der Waals surface area contributed by atoms with Gasteiger partial charge in [0.05, 0.1) is 12.1 Å². The standard InChI is InChI=1S/C13H13NO2S/c1-8-3-4-10(5-9(8)2)11-7-17-12(14-11)6-13(15)16/h3-5,7H,6H2,1-2H3,(H,15,16). The van der Waals surface area contributed by atoms with Crippen LogP contribution < -0.4 is 0 Å². The minimum atomic E-state index is -0.842. The van der Waals surface area contributed by atoms with Crippen LogP contribution in [-0.4, -0.2) is 16.1 Å². The summed E-state index contributed by atoms with van der Waals surface area (Å²) in [6.07, 6.45) is -0.00445. The molecular formula is C13H13NO2S. The lowest BCUT2D eigenvalue weighted by atomic mass is 10.1. The number of aliphatic carboxylic acids is 1. The van der Waals surface area contributed by atoms with Gasteiger partial charge in [0, 0.05) is 10.9 Å². The average Bonchev–Trinajstić information content (AvgIpc) is 2.69. The Balaban J connectivity index is 2.30. The van der Waals surface area contributed by atoms with Gasteiger partial charge in [0.2, 0.25) is 0 Å². The molecule has 0 aliphatic heterocycles. The summed E-state index contributed by atoms with van der Waals surface area (Å²) in [6.45, 7) is 4.12. The Morgan fingerprint density at radius 1 is 1.35 bits per heavy atom. The minimum Gasteiger partial charge on any atom is -0.481 e. The fourth-order valence-corrected chi connectivity index (χ4v) is 2.35. The summed E-state index contributed by atoms with van der Waals surface area (Å²) >= 11 is 1.39. The first kappa shape index (κ1) is 11.8. The van der Waals surface area contributed by atoms with Crippen LogP contribution in [0.1, 0.15) is 16.1 Å². The smallest absolute Gasteiger partial charge is 0.310 e. The molecule has 3 nitrogen and oxygen atoms in total. The molecule has 2 aromatic rings. The molecule has 0 amide bonds.